The van der Waals surface area contributed by atoms with E-state index in [1.807, 2.05) is 19.1 Å². The minimum atomic E-state index is -4.32. The highest BCUT2D eigenvalue weighted by Gasteiger charge is 2.33. The third-order valence-electron chi connectivity index (χ3n) is 4.68. The number of hydrogen-bond acceptors (Lipinski definition) is 4. The molecule has 0 atom stereocenters. The van der Waals surface area contributed by atoms with E-state index in [9.17, 15) is 22.0 Å². The van der Waals surface area contributed by atoms with Gasteiger partial charge in [0.15, 0.2) is 4.90 Å². The Balaban J connectivity index is 1.61. The molecule has 9 heteroatoms. The average molecular weight is 436 g/mol. The topological polar surface area (TPSA) is 66.9 Å². The molecule has 0 radical (unpaired) electrons. The Kier molecular flexibility index (Phi) is 6.84. The first-order valence-electron chi connectivity index (χ1n) is 9.47. The molecule has 160 valence electrons. The highest BCUT2D eigenvalue weighted by Crippen LogP contribution is 2.23. The Morgan fingerprint density at radius 2 is 1.63 bits per heavy atom. The van der Waals surface area contributed by atoms with Crippen LogP contribution in [0.15, 0.2) is 53.4 Å². The number of benzene rings is 2. The average Bonchev–Trinajstić information content (AvgIpc) is 2.73. The standard InChI is InChI=1S/C21H22F2N2O4S/c1-2-29-17-9-6-16(7-10-17)8-11-20(26)24-12-14-25(15-13-24)30(27,28)21-18(22)4-3-5-19(21)23/h3-11H,2,12-15H2,1H3/b11-8+. The van der Waals surface area contributed by atoms with Crippen molar-refractivity contribution in [2.75, 3.05) is 32.8 Å². The summed E-state index contributed by atoms with van der Waals surface area (Å²) in [5, 5.41) is 0. The molecule has 1 fully saturated rings. The van der Waals surface area contributed by atoms with E-state index < -0.39 is 26.6 Å². The number of ether oxygens (including phenoxy) is 1. The number of nitrogens with zero attached hydrogens (tertiary/aromatic N) is 2. The quantitative estimate of drug-likeness (QED) is 0.653. The molecule has 0 unspecified atom stereocenters. The molecule has 0 aliphatic carbocycles. The number of carbonyl (C=O) groups is 1. The Morgan fingerprint density at radius 3 is 2.20 bits per heavy atom. The van der Waals surface area contributed by atoms with Crippen molar-refractivity contribution in [1.82, 2.24) is 9.21 Å². The van der Waals surface area contributed by atoms with Crippen LogP contribution in [0.1, 0.15) is 12.5 Å². The monoisotopic (exact) mass is 436 g/mol. The molecular weight excluding hydrogens is 414 g/mol. The van der Waals surface area contributed by atoms with Crippen LogP contribution < -0.4 is 4.74 Å². The van der Waals surface area contributed by atoms with Gasteiger partial charge in [0.1, 0.15) is 17.4 Å². The van der Waals surface area contributed by atoms with E-state index in [2.05, 4.69) is 0 Å². The van der Waals surface area contributed by atoms with Crippen LogP contribution in [-0.2, 0) is 14.8 Å². The van der Waals surface area contributed by atoms with Crippen molar-refractivity contribution in [2.24, 2.45) is 0 Å². The molecule has 1 amide bonds. The highest BCUT2D eigenvalue weighted by atomic mass is 32.2. The van der Waals surface area contributed by atoms with Crippen molar-refractivity contribution >= 4 is 22.0 Å². The number of rotatable bonds is 6. The second kappa shape index (κ2) is 9.36. The molecule has 1 aliphatic rings. The zero-order valence-corrected chi connectivity index (χ0v) is 17.2. The van der Waals surface area contributed by atoms with E-state index in [1.165, 1.54) is 11.0 Å². The molecule has 30 heavy (non-hydrogen) atoms. The van der Waals surface area contributed by atoms with Crippen LogP contribution in [-0.4, -0.2) is 56.3 Å². The van der Waals surface area contributed by atoms with Crippen LogP contribution in [0.5, 0.6) is 5.75 Å². The normalized spacial score (nSPS) is 15.5. The largest absolute Gasteiger partial charge is 0.494 e. The second-order valence-corrected chi connectivity index (χ2v) is 8.49. The van der Waals surface area contributed by atoms with Gasteiger partial charge in [-0.2, -0.15) is 4.31 Å². The molecule has 2 aromatic carbocycles. The summed E-state index contributed by atoms with van der Waals surface area (Å²) in [5.41, 5.74) is 0.822. The van der Waals surface area contributed by atoms with Gasteiger partial charge in [0.25, 0.3) is 0 Å². The Bertz CT molecular complexity index is 1010. The van der Waals surface area contributed by atoms with Gasteiger partial charge in [-0.25, -0.2) is 17.2 Å². The Hall–Kier alpha value is -2.78. The number of amides is 1. The van der Waals surface area contributed by atoms with Crippen molar-refractivity contribution in [2.45, 2.75) is 11.8 Å². The van der Waals surface area contributed by atoms with Gasteiger partial charge >= 0.3 is 0 Å². The van der Waals surface area contributed by atoms with Crippen LogP contribution >= 0.6 is 0 Å². The van der Waals surface area contributed by atoms with Crippen molar-refractivity contribution in [3.8, 4) is 5.75 Å². The molecule has 0 N–H and O–H groups in total. The summed E-state index contributed by atoms with van der Waals surface area (Å²) < 4.78 is 59.4. The maximum absolute atomic E-state index is 13.9. The summed E-state index contributed by atoms with van der Waals surface area (Å²) in [4.78, 5) is 12.9. The molecule has 6 nitrogen and oxygen atoms in total. The summed E-state index contributed by atoms with van der Waals surface area (Å²) in [5.74, 6) is -1.79. The van der Waals surface area contributed by atoms with Crippen LogP contribution in [0, 0.1) is 11.6 Å². The molecule has 0 saturated carbocycles. The van der Waals surface area contributed by atoms with Gasteiger partial charge in [0.05, 0.1) is 6.61 Å². The SMILES string of the molecule is CCOc1ccc(/C=C/C(=O)N2CCN(S(=O)(=O)c3c(F)cccc3F)CC2)cc1. The summed E-state index contributed by atoms with van der Waals surface area (Å²) in [6.07, 6.45) is 3.08. The van der Waals surface area contributed by atoms with Crippen molar-refractivity contribution < 1.29 is 26.7 Å². The summed E-state index contributed by atoms with van der Waals surface area (Å²) in [6, 6.07) is 10.2. The predicted octanol–water partition coefficient (Wildman–Crippen LogP) is 2.91. The van der Waals surface area contributed by atoms with Crippen LogP contribution in [0.4, 0.5) is 8.78 Å². The van der Waals surface area contributed by atoms with Gasteiger partial charge in [0.2, 0.25) is 15.9 Å². The number of halogens is 2. The van der Waals surface area contributed by atoms with Crippen LogP contribution in [0.3, 0.4) is 0 Å². The van der Waals surface area contributed by atoms with Gasteiger partial charge in [0, 0.05) is 32.3 Å². The third kappa shape index (κ3) is 4.85. The van der Waals surface area contributed by atoms with Crippen molar-refractivity contribution in [3.63, 3.8) is 0 Å². The van der Waals surface area contributed by atoms with E-state index in [0.717, 1.165) is 33.8 Å². The highest BCUT2D eigenvalue weighted by molar-refractivity contribution is 7.89. The van der Waals surface area contributed by atoms with Crippen molar-refractivity contribution in [3.05, 3.63) is 65.7 Å². The zero-order chi connectivity index (χ0) is 21.7. The molecule has 0 spiro atoms. The lowest BCUT2D eigenvalue weighted by molar-refractivity contribution is -0.127. The summed E-state index contributed by atoms with van der Waals surface area (Å²) in [6.45, 7) is 2.63. The summed E-state index contributed by atoms with van der Waals surface area (Å²) >= 11 is 0. The third-order valence-corrected chi connectivity index (χ3v) is 6.63. The number of sulfonamides is 1. The minimum absolute atomic E-state index is 0.0429. The number of carbonyl (C=O) groups excluding carboxylic acids is 1. The van der Waals surface area contributed by atoms with E-state index in [1.54, 1.807) is 18.2 Å². The molecular formula is C21H22F2N2O4S. The maximum atomic E-state index is 13.9. The first kappa shape index (κ1) is 21.9. The minimum Gasteiger partial charge on any atom is -0.494 e. The number of piperazine rings is 1. The molecule has 3 rings (SSSR count). The van der Waals surface area contributed by atoms with Crippen LogP contribution in [0.25, 0.3) is 6.08 Å². The fourth-order valence-corrected chi connectivity index (χ4v) is 4.65. The lowest BCUT2D eigenvalue weighted by Crippen LogP contribution is -2.50. The fraction of sp³-hybridized carbons (Fsp3) is 0.286. The van der Waals surface area contributed by atoms with E-state index in [4.69, 9.17) is 4.74 Å². The Morgan fingerprint density at radius 1 is 1.03 bits per heavy atom. The van der Waals surface area contributed by atoms with Gasteiger partial charge in [-0.05, 0) is 42.8 Å². The van der Waals surface area contributed by atoms with E-state index in [0.29, 0.717) is 6.61 Å². The molecule has 0 bridgehead atoms. The molecule has 1 heterocycles. The number of hydrogen-bond donors (Lipinski definition) is 0. The van der Waals surface area contributed by atoms with Gasteiger partial charge in [-0.3, -0.25) is 4.79 Å². The molecule has 1 aliphatic heterocycles. The zero-order valence-electron chi connectivity index (χ0n) is 16.4. The summed E-state index contributed by atoms with van der Waals surface area (Å²) in [7, 11) is -4.32. The van der Waals surface area contributed by atoms with Gasteiger partial charge in [-0.1, -0.05) is 18.2 Å². The maximum Gasteiger partial charge on any atom is 0.249 e. The Labute approximate surface area is 174 Å². The van der Waals surface area contributed by atoms with E-state index >= 15 is 0 Å². The fourth-order valence-electron chi connectivity index (χ4n) is 3.12. The molecule has 1 saturated heterocycles. The first-order valence-corrected chi connectivity index (χ1v) is 10.9. The smallest absolute Gasteiger partial charge is 0.249 e. The van der Waals surface area contributed by atoms with Gasteiger partial charge < -0.3 is 9.64 Å². The van der Waals surface area contributed by atoms with Crippen LogP contribution in [0.2, 0.25) is 0 Å². The molecule has 2 aromatic rings. The van der Waals surface area contributed by atoms with E-state index in [-0.39, 0.29) is 32.1 Å². The van der Waals surface area contributed by atoms with Gasteiger partial charge in [-0.15, -0.1) is 0 Å². The second-order valence-electron chi connectivity index (χ2n) is 6.62. The lowest BCUT2D eigenvalue weighted by Gasteiger charge is -2.33. The molecule has 0 aromatic heterocycles. The first-order chi connectivity index (χ1) is 14.3. The predicted molar refractivity (Wildman–Crippen MR) is 108 cm³/mol. The van der Waals surface area contributed by atoms with Crippen molar-refractivity contribution in [1.29, 1.82) is 0 Å². The lowest BCUT2D eigenvalue weighted by atomic mass is 10.2.